The Morgan fingerprint density at radius 3 is 2.80 bits per heavy atom. The van der Waals surface area contributed by atoms with Crippen LogP contribution in [-0.2, 0) is 11.2 Å². The molecule has 0 bridgehead atoms. The highest BCUT2D eigenvalue weighted by Crippen LogP contribution is 2.21. The number of pyridine rings is 2. The highest BCUT2D eigenvalue weighted by molar-refractivity contribution is 6.30. The van der Waals surface area contributed by atoms with E-state index in [0.29, 0.717) is 5.69 Å². The molecule has 0 saturated carbocycles. The van der Waals surface area contributed by atoms with Crippen molar-refractivity contribution in [2.45, 2.75) is 26.3 Å². The molecule has 30 heavy (non-hydrogen) atoms. The summed E-state index contributed by atoms with van der Waals surface area (Å²) in [7, 11) is 0. The standard InChI is InChI=1S/C22H19ClFN5O/c1-13-7-18(5-6-25-13)29-21-12-26-17(8-16(21)11-27-29)10-22(30)28-14(2)15-3-4-20(24)19(23)9-15/h3-9,11-12,14H,10H2,1-2H3,(H,28,30)/t14-/m1/s1. The van der Waals surface area contributed by atoms with Crippen molar-refractivity contribution in [1.82, 2.24) is 25.1 Å². The molecule has 0 unspecified atom stereocenters. The van der Waals surface area contributed by atoms with Crippen LogP contribution in [0.2, 0.25) is 5.02 Å². The van der Waals surface area contributed by atoms with E-state index in [4.69, 9.17) is 11.6 Å². The monoisotopic (exact) mass is 423 g/mol. The van der Waals surface area contributed by atoms with Crippen molar-refractivity contribution in [1.29, 1.82) is 0 Å². The summed E-state index contributed by atoms with van der Waals surface area (Å²) in [5, 5.41) is 8.24. The first-order chi connectivity index (χ1) is 14.4. The molecule has 3 heterocycles. The third kappa shape index (κ3) is 4.16. The van der Waals surface area contributed by atoms with Gasteiger partial charge in [-0.15, -0.1) is 0 Å². The molecule has 0 spiro atoms. The Kier molecular flexibility index (Phi) is 5.46. The van der Waals surface area contributed by atoms with Gasteiger partial charge in [-0.3, -0.25) is 14.8 Å². The fourth-order valence-corrected chi connectivity index (χ4v) is 3.45. The topological polar surface area (TPSA) is 72.7 Å². The van der Waals surface area contributed by atoms with Gasteiger partial charge in [-0.25, -0.2) is 9.07 Å². The molecule has 4 aromatic rings. The minimum atomic E-state index is -0.487. The number of aryl methyl sites for hydroxylation is 1. The molecule has 1 aromatic carbocycles. The third-order valence-corrected chi connectivity index (χ3v) is 5.09. The number of hydrogen-bond donors (Lipinski definition) is 1. The van der Waals surface area contributed by atoms with Crippen LogP contribution in [0.15, 0.2) is 55.0 Å². The second kappa shape index (κ2) is 8.20. The summed E-state index contributed by atoms with van der Waals surface area (Å²) < 4.78 is 15.1. The van der Waals surface area contributed by atoms with E-state index in [0.717, 1.165) is 27.8 Å². The second-order valence-electron chi connectivity index (χ2n) is 7.09. The molecular formula is C22H19ClFN5O. The van der Waals surface area contributed by atoms with E-state index in [1.165, 1.54) is 12.1 Å². The first kappa shape index (κ1) is 20.0. The van der Waals surface area contributed by atoms with Crippen LogP contribution in [0.3, 0.4) is 0 Å². The lowest BCUT2D eigenvalue weighted by Crippen LogP contribution is -2.28. The van der Waals surface area contributed by atoms with Gasteiger partial charge in [0.1, 0.15) is 5.82 Å². The second-order valence-corrected chi connectivity index (χ2v) is 7.49. The summed E-state index contributed by atoms with van der Waals surface area (Å²) in [6.45, 7) is 3.74. The summed E-state index contributed by atoms with van der Waals surface area (Å²) in [5.41, 5.74) is 4.01. The first-order valence-corrected chi connectivity index (χ1v) is 9.78. The van der Waals surface area contributed by atoms with Gasteiger partial charge in [-0.05, 0) is 49.7 Å². The third-order valence-electron chi connectivity index (χ3n) is 4.80. The molecule has 0 fully saturated rings. The lowest BCUT2D eigenvalue weighted by molar-refractivity contribution is -0.121. The van der Waals surface area contributed by atoms with Crippen LogP contribution in [0.1, 0.15) is 29.9 Å². The number of nitrogens with one attached hydrogen (secondary N) is 1. The molecule has 0 aliphatic carbocycles. The zero-order chi connectivity index (χ0) is 21.3. The Bertz CT molecular complexity index is 1240. The maximum Gasteiger partial charge on any atom is 0.226 e. The molecular weight excluding hydrogens is 405 g/mol. The Hall–Kier alpha value is -3.32. The molecule has 6 nitrogen and oxygen atoms in total. The number of hydrogen-bond acceptors (Lipinski definition) is 4. The fourth-order valence-electron chi connectivity index (χ4n) is 3.26. The van der Waals surface area contributed by atoms with Crippen molar-refractivity contribution in [2.75, 3.05) is 0 Å². The van der Waals surface area contributed by atoms with E-state index in [2.05, 4.69) is 20.4 Å². The first-order valence-electron chi connectivity index (χ1n) is 9.41. The molecule has 1 atom stereocenters. The number of amides is 1. The average molecular weight is 424 g/mol. The van der Waals surface area contributed by atoms with Gasteiger partial charge in [0, 0.05) is 17.3 Å². The summed E-state index contributed by atoms with van der Waals surface area (Å²) >= 11 is 5.83. The maximum atomic E-state index is 13.3. The molecule has 152 valence electrons. The highest BCUT2D eigenvalue weighted by Gasteiger charge is 2.14. The van der Waals surface area contributed by atoms with Gasteiger partial charge >= 0.3 is 0 Å². The Labute approximate surface area is 177 Å². The summed E-state index contributed by atoms with van der Waals surface area (Å²) in [6.07, 6.45) is 5.32. The van der Waals surface area contributed by atoms with Crippen LogP contribution < -0.4 is 5.32 Å². The molecule has 1 N–H and O–H groups in total. The quantitative estimate of drug-likeness (QED) is 0.518. The van der Waals surface area contributed by atoms with Gasteiger partial charge in [0.05, 0.1) is 46.8 Å². The van der Waals surface area contributed by atoms with Gasteiger partial charge in [0.2, 0.25) is 5.91 Å². The predicted molar refractivity (Wildman–Crippen MR) is 113 cm³/mol. The SMILES string of the molecule is Cc1cc(-n2ncc3cc(CC(=O)N[C@H](C)c4ccc(F)c(Cl)c4)ncc32)ccn1. The molecule has 0 aliphatic heterocycles. The summed E-state index contributed by atoms with van der Waals surface area (Å²) in [6, 6.07) is 9.77. The fraction of sp³-hybridized carbons (Fsp3) is 0.182. The predicted octanol–water partition coefficient (Wildman–Crippen LogP) is 4.34. The maximum absolute atomic E-state index is 13.3. The van der Waals surface area contributed by atoms with Crippen molar-refractivity contribution in [3.63, 3.8) is 0 Å². The normalized spacial score (nSPS) is 12.1. The van der Waals surface area contributed by atoms with E-state index >= 15 is 0 Å². The number of halogens is 2. The van der Waals surface area contributed by atoms with Crippen LogP contribution in [-0.4, -0.2) is 25.7 Å². The van der Waals surface area contributed by atoms with Crippen LogP contribution in [0.25, 0.3) is 16.6 Å². The number of carbonyl (C=O) groups is 1. The van der Waals surface area contributed by atoms with E-state index in [9.17, 15) is 9.18 Å². The highest BCUT2D eigenvalue weighted by atomic mass is 35.5. The van der Waals surface area contributed by atoms with Gasteiger partial charge in [0.25, 0.3) is 0 Å². The van der Waals surface area contributed by atoms with Crippen LogP contribution >= 0.6 is 11.6 Å². The van der Waals surface area contributed by atoms with E-state index in [1.807, 2.05) is 32.0 Å². The van der Waals surface area contributed by atoms with Crippen LogP contribution in [0.4, 0.5) is 4.39 Å². The number of carbonyl (C=O) groups excluding carboxylic acids is 1. The van der Waals surface area contributed by atoms with Crippen molar-refractivity contribution >= 4 is 28.4 Å². The Balaban J connectivity index is 1.48. The van der Waals surface area contributed by atoms with Crippen LogP contribution in [0, 0.1) is 12.7 Å². The number of nitrogens with zero attached hydrogens (tertiary/aromatic N) is 4. The van der Waals surface area contributed by atoms with Gasteiger partial charge < -0.3 is 5.32 Å². The van der Waals surface area contributed by atoms with Crippen molar-refractivity contribution < 1.29 is 9.18 Å². The molecule has 0 radical (unpaired) electrons. The molecule has 3 aromatic heterocycles. The Morgan fingerprint density at radius 1 is 1.20 bits per heavy atom. The van der Waals surface area contributed by atoms with Crippen molar-refractivity contribution in [3.8, 4) is 5.69 Å². The molecule has 0 saturated heterocycles. The van der Waals surface area contributed by atoms with Crippen molar-refractivity contribution in [3.05, 3.63) is 82.8 Å². The largest absolute Gasteiger partial charge is 0.349 e. The minimum Gasteiger partial charge on any atom is -0.349 e. The molecule has 8 heteroatoms. The number of aromatic nitrogens is 4. The lowest BCUT2D eigenvalue weighted by atomic mass is 10.1. The summed E-state index contributed by atoms with van der Waals surface area (Å²) in [5.74, 6) is -0.675. The van der Waals surface area contributed by atoms with E-state index < -0.39 is 5.82 Å². The summed E-state index contributed by atoms with van der Waals surface area (Å²) in [4.78, 5) is 21.1. The number of rotatable bonds is 5. The van der Waals surface area contributed by atoms with Gasteiger partial charge in [0.15, 0.2) is 0 Å². The van der Waals surface area contributed by atoms with Gasteiger partial charge in [-0.2, -0.15) is 5.10 Å². The zero-order valence-corrected chi connectivity index (χ0v) is 17.2. The molecule has 1 amide bonds. The van der Waals surface area contributed by atoms with Crippen LogP contribution in [0.5, 0.6) is 0 Å². The minimum absolute atomic E-state index is 0.0297. The smallest absolute Gasteiger partial charge is 0.226 e. The average Bonchev–Trinajstić information content (AvgIpc) is 3.13. The molecule has 4 rings (SSSR count). The number of fused-ring (bicyclic) bond motifs is 1. The van der Waals surface area contributed by atoms with Gasteiger partial charge in [-0.1, -0.05) is 17.7 Å². The van der Waals surface area contributed by atoms with E-state index in [-0.39, 0.29) is 23.4 Å². The lowest BCUT2D eigenvalue weighted by Gasteiger charge is -2.14. The number of benzene rings is 1. The Morgan fingerprint density at radius 2 is 2.03 bits per heavy atom. The molecule has 0 aliphatic rings. The van der Waals surface area contributed by atoms with Crippen molar-refractivity contribution in [2.24, 2.45) is 0 Å². The van der Waals surface area contributed by atoms with E-state index in [1.54, 1.807) is 29.3 Å². The zero-order valence-electron chi connectivity index (χ0n) is 16.4.